The molecule has 23 heavy (non-hydrogen) atoms. The van der Waals surface area contributed by atoms with Gasteiger partial charge >= 0.3 is 5.97 Å². The summed E-state index contributed by atoms with van der Waals surface area (Å²) in [6.07, 6.45) is 2.48. The zero-order valence-electron chi connectivity index (χ0n) is 13.6. The van der Waals surface area contributed by atoms with Crippen LogP contribution in [0.15, 0.2) is 12.1 Å². The number of rotatable bonds is 4. The fourth-order valence-corrected chi connectivity index (χ4v) is 3.05. The van der Waals surface area contributed by atoms with Crippen molar-refractivity contribution in [1.29, 1.82) is 0 Å². The first-order chi connectivity index (χ1) is 11.0. The van der Waals surface area contributed by atoms with Gasteiger partial charge in [-0.3, -0.25) is 9.89 Å². The highest BCUT2D eigenvalue weighted by Gasteiger charge is 2.33. The van der Waals surface area contributed by atoms with E-state index in [1.165, 1.54) is 7.11 Å². The molecule has 0 saturated heterocycles. The van der Waals surface area contributed by atoms with E-state index in [-0.39, 0.29) is 17.8 Å². The number of aromatic nitrogens is 4. The van der Waals surface area contributed by atoms with E-state index >= 15 is 0 Å². The summed E-state index contributed by atoms with van der Waals surface area (Å²) in [5.74, 6) is 2.25. The first kappa shape index (κ1) is 15.5. The topological polar surface area (TPSA) is 92.8 Å². The number of nitrogens with one attached hydrogen (secondary N) is 2. The molecule has 1 fully saturated rings. The van der Waals surface area contributed by atoms with Crippen molar-refractivity contribution in [1.82, 2.24) is 20.2 Å². The third-order valence-corrected chi connectivity index (χ3v) is 4.17. The van der Waals surface area contributed by atoms with Gasteiger partial charge in [-0.05, 0) is 33.1 Å². The predicted molar refractivity (Wildman–Crippen MR) is 85.5 cm³/mol. The first-order valence-electron chi connectivity index (χ1n) is 7.77. The lowest BCUT2D eigenvalue weighted by molar-refractivity contribution is -0.145. The minimum absolute atomic E-state index is 0.0421. The zero-order chi connectivity index (χ0) is 16.4. The van der Waals surface area contributed by atoms with E-state index in [0.29, 0.717) is 0 Å². The Morgan fingerprint density at radius 2 is 2.09 bits per heavy atom. The average molecular weight is 315 g/mol. The Hall–Kier alpha value is -2.44. The molecular formula is C16H21N5O2. The smallest absolute Gasteiger partial charge is 0.308 e. The fraction of sp³-hybridized carbons (Fsp3) is 0.500. The van der Waals surface area contributed by atoms with Gasteiger partial charge in [0.05, 0.1) is 13.0 Å². The van der Waals surface area contributed by atoms with E-state index < -0.39 is 0 Å². The van der Waals surface area contributed by atoms with Gasteiger partial charge in [0.15, 0.2) is 5.82 Å². The fourth-order valence-electron chi connectivity index (χ4n) is 3.05. The van der Waals surface area contributed by atoms with Gasteiger partial charge in [-0.25, -0.2) is 9.97 Å². The van der Waals surface area contributed by atoms with E-state index in [4.69, 9.17) is 4.74 Å². The summed E-state index contributed by atoms with van der Waals surface area (Å²) in [4.78, 5) is 20.8. The number of aryl methyl sites for hydroxylation is 2. The molecule has 2 atom stereocenters. The van der Waals surface area contributed by atoms with Crippen LogP contribution in [0.1, 0.15) is 42.4 Å². The van der Waals surface area contributed by atoms with Crippen molar-refractivity contribution >= 4 is 17.6 Å². The van der Waals surface area contributed by atoms with Gasteiger partial charge in [-0.1, -0.05) is 0 Å². The molecular weight excluding hydrogens is 294 g/mol. The lowest BCUT2D eigenvalue weighted by Crippen LogP contribution is -2.13. The van der Waals surface area contributed by atoms with Gasteiger partial charge < -0.3 is 10.1 Å². The number of carbonyl (C=O) groups is 1. The van der Waals surface area contributed by atoms with E-state index in [1.807, 2.05) is 26.0 Å². The Labute approximate surface area is 134 Å². The molecule has 0 radical (unpaired) electrons. The maximum Gasteiger partial charge on any atom is 0.308 e. The Bertz CT molecular complexity index is 712. The maximum absolute atomic E-state index is 11.7. The molecule has 1 aliphatic rings. The second-order valence-corrected chi connectivity index (χ2v) is 6.04. The van der Waals surface area contributed by atoms with Crippen molar-refractivity contribution in [2.24, 2.45) is 5.92 Å². The van der Waals surface area contributed by atoms with E-state index in [0.717, 1.165) is 48.1 Å². The van der Waals surface area contributed by atoms with Gasteiger partial charge in [-0.2, -0.15) is 5.10 Å². The number of carbonyl (C=O) groups excluding carboxylic acids is 1. The van der Waals surface area contributed by atoms with Crippen LogP contribution in [-0.4, -0.2) is 33.2 Å². The number of hydrogen-bond acceptors (Lipinski definition) is 6. The van der Waals surface area contributed by atoms with E-state index in [1.54, 1.807) is 0 Å². The highest BCUT2D eigenvalue weighted by Crippen LogP contribution is 2.37. The molecule has 0 spiro atoms. The molecule has 1 aliphatic carbocycles. The number of ether oxygens (including phenoxy) is 1. The van der Waals surface area contributed by atoms with Crippen LogP contribution in [0.3, 0.4) is 0 Å². The van der Waals surface area contributed by atoms with Gasteiger partial charge in [0.1, 0.15) is 11.6 Å². The summed E-state index contributed by atoms with van der Waals surface area (Å²) >= 11 is 0. The lowest BCUT2D eigenvalue weighted by Gasteiger charge is -2.12. The summed E-state index contributed by atoms with van der Waals surface area (Å²) in [5, 5.41) is 10.2. The summed E-state index contributed by atoms with van der Waals surface area (Å²) in [7, 11) is 1.44. The molecule has 0 aromatic carbocycles. The normalized spacial score (nSPS) is 20.5. The van der Waals surface area contributed by atoms with Gasteiger partial charge in [-0.15, -0.1) is 0 Å². The van der Waals surface area contributed by atoms with Gasteiger partial charge in [0.2, 0.25) is 0 Å². The Morgan fingerprint density at radius 3 is 2.78 bits per heavy atom. The number of aromatic amines is 1. The predicted octanol–water partition coefficient (Wildman–Crippen LogP) is 2.62. The highest BCUT2D eigenvalue weighted by atomic mass is 16.5. The molecule has 2 unspecified atom stereocenters. The summed E-state index contributed by atoms with van der Waals surface area (Å²) in [6.45, 7) is 3.89. The third-order valence-electron chi connectivity index (χ3n) is 4.17. The highest BCUT2D eigenvalue weighted by molar-refractivity contribution is 5.72. The van der Waals surface area contributed by atoms with Crippen LogP contribution in [0, 0.1) is 19.8 Å². The summed E-state index contributed by atoms with van der Waals surface area (Å²) in [5.41, 5.74) is 1.88. The molecule has 3 rings (SSSR count). The molecule has 0 amide bonds. The van der Waals surface area contributed by atoms with Crippen molar-refractivity contribution in [3.05, 3.63) is 29.3 Å². The molecule has 0 aliphatic heterocycles. The molecule has 2 N–H and O–H groups in total. The Morgan fingerprint density at radius 1 is 1.26 bits per heavy atom. The molecule has 1 saturated carbocycles. The van der Waals surface area contributed by atoms with Crippen LogP contribution in [0.5, 0.6) is 0 Å². The molecule has 7 heteroatoms. The average Bonchev–Trinajstić information content (AvgIpc) is 3.15. The SMILES string of the molecule is COC(=O)C1CCC(c2nc(C)cc(Nc3cc(C)[nH]n3)n2)C1. The maximum atomic E-state index is 11.7. The standard InChI is InChI=1S/C16H21N5O2/c1-9-6-13(18-14-7-10(2)20-21-14)19-15(17-9)11-4-5-12(8-11)16(22)23-3/h6-7,11-12H,4-5,8H2,1-3H3,(H2,17,18,19,20,21). The van der Waals surface area contributed by atoms with Crippen LogP contribution in [-0.2, 0) is 9.53 Å². The summed E-state index contributed by atoms with van der Waals surface area (Å²) in [6, 6.07) is 3.81. The van der Waals surface area contributed by atoms with Crippen LogP contribution < -0.4 is 5.32 Å². The van der Waals surface area contributed by atoms with Crippen LogP contribution in [0.25, 0.3) is 0 Å². The minimum atomic E-state index is -0.134. The number of methoxy groups -OCH3 is 1. The van der Waals surface area contributed by atoms with E-state index in [9.17, 15) is 4.79 Å². The van der Waals surface area contributed by atoms with Crippen molar-refractivity contribution in [3.8, 4) is 0 Å². The zero-order valence-corrected chi connectivity index (χ0v) is 13.6. The van der Waals surface area contributed by atoms with Crippen LogP contribution in [0.4, 0.5) is 11.6 Å². The molecule has 2 aromatic heterocycles. The minimum Gasteiger partial charge on any atom is -0.469 e. The number of anilines is 2. The molecule has 2 heterocycles. The number of esters is 1. The monoisotopic (exact) mass is 315 g/mol. The summed E-state index contributed by atoms with van der Waals surface area (Å²) < 4.78 is 4.84. The second kappa shape index (κ2) is 6.36. The van der Waals surface area contributed by atoms with Crippen molar-refractivity contribution in [2.75, 3.05) is 12.4 Å². The Balaban J connectivity index is 1.77. The Kier molecular flexibility index (Phi) is 4.27. The third kappa shape index (κ3) is 3.49. The first-order valence-corrected chi connectivity index (χ1v) is 7.77. The molecule has 122 valence electrons. The van der Waals surface area contributed by atoms with Crippen molar-refractivity contribution in [3.63, 3.8) is 0 Å². The lowest BCUT2D eigenvalue weighted by atomic mass is 10.0. The van der Waals surface area contributed by atoms with E-state index in [2.05, 4.69) is 25.5 Å². The second-order valence-electron chi connectivity index (χ2n) is 6.04. The molecule has 0 bridgehead atoms. The largest absolute Gasteiger partial charge is 0.469 e. The number of nitrogens with zero attached hydrogens (tertiary/aromatic N) is 3. The molecule has 7 nitrogen and oxygen atoms in total. The molecule has 2 aromatic rings. The quantitative estimate of drug-likeness (QED) is 0.843. The van der Waals surface area contributed by atoms with Gasteiger partial charge in [0.25, 0.3) is 0 Å². The number of hydrogen-bond donors (Lipinski definition) is 2. The van der Waals surface area contributed by atoms with Crippen LogP contribution in [0.2, 0.25) is 0 Å². The van der Waals surface area contributed by atoms with Gasteiger partial charge in [0, 0.05) is 29.4 Å². The van der Waals surface area contributed by atoms with Crippen molar-refractivity contribution in [2.45, 2.75) is 39.0 Å². The van der Waals surface area contributed by atoms with Crippen molar-refractivity contribution < 1.29 is 9.53 Å². The van der Waals surface area contributed by atoms with Crippen LogP contribution >= 0.6 is 0 Å². The number of H-pyrrole nitrogens is 1.